The van der Waals surface area contributed by atoms with Crippen molar-refractivity contribution in [1.29, 1.82) is 5.26 Å². The predicted molar refractivity (Wildman–Crippen MR) is 68.6 cm³/mol. The lowest BCUT2D eigenvalue weighted by Gasteiger charge is -1.96. The third kappa shape index (κ3) is 1.64. The van der Waals surface area contributed by atoms with Crippen molar-refractivity contribution >= 4 is 44.0 Å². The van der Waals surface area contributed by atoms with E-state index >= 15 is 0 Å². The lowest BCUT2D eigenvalue weighted by atomic mass is 10.1. The zero-order valence-electron chi connectivity index (χ0n) is 7.67. The Bertz CT molecular complexity index is 483. The second-order valence-electron chi connectivity index (χ2n) is 3.15. The summed E-state index contributed by atoms with van der Waals surface area (Å²) in [5.74, 6) is 0. The zero-order chi connectivity index (χ0) is 10.1. The standard InChI is InChI=1S/C11H8INS/c1-7-2-3-10(12)11-9(7)6-8(14-11)4-5-13/h2-3,6H,4H2,1H3. The molecule has 0 amide bonds. The molecule has 1 aromatic heterocycles. The van der Waals surface area contributed by atoms with Crippen molar-refractivity contribution in [3.8, 4) is 6.07 Å². The van der Waals surface area contributed by atoms with Gasteiger partial charge in [0.25, 0.3) is 0 Å². The Morgan fingerprint density at radius 3 is 2.93 bits per heavy atom. The number of benzene rings is 1. The van der Waals surface area contributed by atoms with Gasteiger partial charge >= 0.3 is 0 Å². The second kappa shape index (κ2) is 3.87. The van der Waals surface area contributed by atoms with Gasteiger partial charge in [0.05, 0.1) is 12.5 Å². The van der Waals surface area contributed by atoms with Gasteiger partial charge in [-0.3, -0.25) is 0 Å². The molecule has 3 heteroatoms. The zero-order valence-corrected chi connectivity index (χ0v) is 10.6. The molecule has 0 N–H and O–H groups in total. The van der Waals surface area contributed by atoms with E-state index in [1.165, 1.54) is 19.2 Å². The van der Waals surface area contributed by atoms with E-state index in [9.17, 15) is 0 Å². The maximum absolute atomic E-state index is 8.64. The summed E-state index contributed by atoms with van der Waals surface area (Å²) >= 11 is 4.08. The molecule has 0 aliphatic heterocycles. The van der Waals surface area contributed by atoms with Crippen LogP contribution in [-0.4, -0.2) is 0 Å². The minimum Gasteiger partial charge on any atom is -0.198 e. The normalized spacial score (nSPS) is 10.4. The van der Waals surface area contributed by atoms with Crippen LogP contribution in [0.15, 0.2) is 18.2 Å². The fraction of sp³-hybridized carbons (Fsp3) is 0.182. The van der Waals surface area contributed by atoms with Crippen LogP contribution in [0.4, 0.5) is 0 Å². The molecule has 2 aromatic rings. The molecule has 0 aliphatic carbocycles. The topological polar surface area (TPSA) is 23.8 Å². The molecule has 0 unspecified atom stereocenters. The van der Waals surface area contributed by atoms with Crippen molar-refractivity contribution in [1.82, 2.24) is 0 Å². The lowest BCUT2D eigenvalue weighted by Crippen LogP contribution is -1.75. The number of aryl methyl sites for hydroxylation is 1. The molecule has 0 fully saturated rings. The van der Waals surface area contributed by atoms with E-state index in [0.717, 1.165) is 4.88 Å². The number of rotatable bonds is 1. The highest BCUT2D eigenvalue weighted by Crippen LogP contribution is 2.32. The fourth-order valence-electron chi connectivity index (χ4n) is 1.44. The van der Waals surface area contributed by atoms with E-state index in [4.69, 9.17) is 5.26 Å². The summed E-state index contributed by atoms with van der Waals surface area (Å²) in [6, 6.07) is 8.59. The van der Waals surface area contributed by atoms with E-state index in [1.54, 1.807) is 11.3 Å². The Labute approximate surface area is 101 Å². The summed E-state index contributed by atoms with van der Waals surface area (Å²) in [7, 11) is 0. The molecule has 0 bridgehead atoms. The maximum atomic E-state index is 8.64. The van der Waals surface area contributed by atoms with Crippen LogP contribution < -0.4 is 0 Å². The maximum Gasteiger partial charge on any atom is 0.0696 e. The van der Waals surface area contributed by atoms with E-state index in [1.807, 2.05) is 0 Å². The van der Waals surface area contributed by atoms with Gasteiger partial charge in [-0.25, -0.2) is 0 Å². The van der Waals surface area contributed by atoms with Crippen molar-refractivity contribution in [2.75, 3.05) is 0 Å². The highest BCUT2D eigenvalue weighted by molar-refractivity contribution is 14.1. The van der Waals surface area contributed by atoms with Crippen LogP contribution in [-0.2, 0) is 6.42 Å². The first-order valence-corrected chi connectivity index (χ1v) is 6.16. The SMILES string of the molecule is Cc1ccc(I)c2sc(CC#N)cc12. The third-order valence-corrected chi connectivity index (χ3v) is 4.59. The summed E-state index contributed by atoms with van der Waals surface area (Å²) in [6.45, 7) is 2.11. The molecule has 2 rings (SSSR count). The van der Waals surface area contributed by atoms with Gasteiger partial charge in [-0.15, -0.1) is 11.3 Å². The van der Waals surface area contributed by atoms with E-state index < -0.39 is 0 Å². The highest BCUT2D eigenvalue weighted by atomic mass is 127. The Morgan fingerprint density at radius 2 is 2.29 bits per heavy atom. The van der Waals surface area contributed by atoms with Crippen LogP contribution in [0.3, 0.4) is 0 Å². The monoisotopic (exact) mass is 313 g/mol. The van der Waals surface area contributed by atoms with Crippen molar-refractivity contribution in [3.05, 3.63) is 32.2 Å². The Balaban J connectivity index is 2.70. The van der Waals surface area contributed by atoms with Crippen molar-refractivity contribution in [2.24, 2.45) is 0 Å². The molecule has 14 heavy (non-hydrogen) atoms. The summed E-state index contributed by atoms with van der Waals surface area (Å²) in [4.78, 5) is 1.16. The Morgan fingerprint density at radius 1 is 1.50 bits per heavy atom. The molecule has 0 radical (unpaired) electrons. The van der Waals surface area contributed by atoms with Gasteiger partial charge in [0.2, 0.25) is 0 Å². The summed E-state index contributed by atoms with van der Waals surface area (Å²) in [5, 5.41) is 9.94. The Hall–Kier alpha value is -0.600. The van der Waals surface area contributed by atoms with E-state index in [2.05, 4.69) is 53.8 Å². The molecule has 0 atom stereocenters. The van der Waals surface area contributed by atoms with Gasteiger partial charge in [-0.2, -0.15) is 5.26 Å². The molecule has 1 aromatic carbocycles. The number of nitrogens with zero attached hydrogens (tertiary/aromatic N) is 1. The summed E-state index contributed by atoms with van der Waals surface area (Å²) in [6.07, 6.45) is 0.523. The second-order valence-corrected chi connectivity index (χ2v) is 5.45. The summed E-state index contributed by atoms with van der Waals surface area (Å²) < 4.78 is 2.59. The van der Waals surface area contributed by atoms with E-state index in [-0.39, 0.29) is 0 Å². The number of halogens is 1. The molecular formula is C11H8INS. The third-order valence-electron chi connectivity index (χ3n) is 2.16. The first kappa shape index (κ1) is 9.94. The number of fused-ring (bicyclic) bond motifs is 1. The van der Waals surface area contributed by atoms with Gasteiger partial charge in [0.15, 0.2) is 0 Å². The smallest absolute Gasteiger partial charge is 0.0696 e. The molecule has 70 valence electrons. The van der Waals surface area contributed by atoms with Crippen molar-refractivity contribution < 1.29 is 0 Å². The van der Waals surface area contributed by atoms with Crippen LogP contribution in [0.2, 0.25) is 0 Å². The number of hydrogen-bond acceptors (Lipinski definition) is 2. The van der Waals surface area contributed by atoms with Crippen LogP contribution in [0.1, 0.15) is 10.4 Å². The molecule has 0 saturated heterocycles. The van der Waals surface area contributed by atoms with Crippen molar-refractivity contribution in [2.45, 2.75) is 13.3 Å². The molecule has 1 heterocycles. The highest BCUT2D eigenvalue weighted by Gasteiger charge is 2.06. The van der Waals surface area contributed by atoms with Crippen molar-refractivity contribution in [3.63, 3.8) is 0 Å². The molecule has 0 aliphatic rings. The average molecular weight is 313 g/mol. The minimum absolute atomic E-state index is 0.523. The largest absolute Gasteiger partial charge is 0.198 e. The molecule has 0 spiro atoms. The molecule has 0 saturated carbocycles. The first-order valence-electron chi connectivity index (χ1n) is 4.27. The number of nitriles is 1. The van der Waals surface area contributed by atoms with Crippen LogP contribution in [0, 0.1) is 21.8 Å². The van der Waals surface area contributed by atoms with Gasteiger partial charge in [0.1, 0.15) is 0 Å². The van der Waals surface area contributed by atoms with Gasteiger partial charge in [-0.1, -0.05) is 6.07 Å². The number of hydrogen-bond donors (Lipinski definition) is 0. The minimum atomic E-state index is 0.523. The quantitative estimate of drug-likeness (QED) is 0.733. The Kier molecular flexibility index (Phi) is 2.75. The molecular weight excluding hydrogens is 305 g/mol. The first-order chi connectivity index (χ1) is 6.72. The average Bonchev–Trinajstić information content (AvgIpc) is 2.57. The molecule has 1 nitrogen and oxygen atoms in total. The van der Waals surface area contributed by atoms with Gasteiger partial charge < -0.3 is 0 Å². The van der Waals surface area contributed by atoms with Crippen LogP contribution in [0.5, 0.6) is 0 Å². The van der Waals surface area contributed by atoms with E-state index in [0.29, 0.717) is 6.42 Å². The predicted octanol–water partition coefficient (Wildman–Crippen LogP) is 3.88. The van der Waals surface area contributed by atoms with Crippen LogP contribution >= 0.6 is 33.9 Å². The van der Waals surface area contributed by atoms with Crippen LogP contribution in [0.25, 0.3) is 10.1 Å². The lowest BCUT2D eigenvalue weighted by molar-refractivity contribution is 1.32. The summed E-state index contributed by atoms with van der Waals surface area (Å²) in [5.41, 5.74) is 1.29. The van der Waals surface area contributed by atoms with Gasteiger partial charge in [0, 0.05) is 13.1 Å². The number of thiophene rings is 1. The fourth-order valence-corrected chi connectivity index (χ4v) is 3.31. The van der Waals surface area contributed by atoms with Gasteiger partial charge in [-0.05, 0) is 52.6 Å².